The maximum atomic E-state index is 8.65. The molecule has 0 amide bonds. The average Bonchev–Trinajstić information content (AvgIpc) is 4.28. The van der Waals surface area contributed by atoms with Crippen LogP contribution < -0.4 is 29.9 Å². The van der Waals surface area contributed by atoms with Crippen molar-refractivity contribution in [1.82, 2.24) is 8.47 Å². The van der Waals surface area contributed by atoms with Gasteiger partial charge in [-0.3, -0.25) is 8.47 Å². The molecule has 0 atom stereocenters. The molecule has 0 saturated carbocycles. The van der Waals surface area contributed by atoms with Gasteiger partial charge in [0, 0.05) is 43.8 Å². The lowest BCUT2D eigenvalue weighted by Gasteiger charge is -2.45. The molecule has 6 heterocycles. The molecule has 6 aromatic rings. The van der Waals surface area contributed by atoms with Gasteiger partial charge < -0.3 is 27.2 Å². The van der Waals surface area contributed by atoms with E-state index in [-0.39, 0.29) is 0 Å². The Hall–Kier alpha value is -5.99. The first-order valence-corrected chi connectivity index (χ1v) is 34.6. The van der Waals surface area contributed by atoms with E-state index in [1.165, 1.54) is 0 Å². The van der Waals surface area contributed by atoms with Crippen LogP contribution in [0.15, 0.2) is 103 Å². The van der Waals surface area contributed by atoms with E-state index in [0.717, 1.165) is 80.1 Å². The Kier molecular flexibility index (Phi) is 13.5. The maximum absolute atomic E-state index is 8.65. The van der Waals surface area contributed by atoms with Crippen molar-refractivity contribution >= 4 is 82.0 Å². The summed E-state index contributed by atoms with van der Waals surface area (Å²) in [6.45, 7) is 38.4. The highest BCUT2D eigenvalue weighted by molar-refractivity contribution is 6.89. The lowest BCUT2D eigenvalue weighted by molar-refractivity contribution is 0.130. The topological polar surface area (TPSA) is 139 Å². The zero-order valence-electron chi connectivity index (χ0n) is 48.7. The molecular formula is C60H78N8O6Si3. The summed E-state index contributed by atoms with van der Waals surface area (Å²) < 4.78 is 48.5. The third-order valence-electron chi connectivity index (χ3n) is 14.8. The Labute approximate surface area is 457 Å². The number of nitrogens with zero attached hydrogens (tertiary/aromatic N) is 8. The maximum Gasteiger partial charge on any atom is 0.582 e. The Bertz CT molecular complexity index is 3590. The quantitative estimate of drug-likeness (QED) is 0.0995. The predicted molar refractivity (Wildman–Crippen MR) is 319 cm³/mol. The molecule has 0 fully saturated rings. The standard InChI is InChI=1S/C60H78N8O6Si3/c1-19-75(20-2,21-3)73-77(74-76(22-4,23-5)24-6)67-53-43-31-27-39(71-59(13,14)15)35-47(43)56(67)64-50-42-30-26-38(70-58(10,11)12)34-46(42)52(62-50)66-54-44-32-28-40(72-60(16,17)18)36-48(44)55(68(54)77)63-49-41-29-25-37(69-57(7,8)9)33-45(41)51(61-49)65-53/h25-36H,19-24H2,1-18H3. The first-order valence-electron chi connectivity index (χ1n) is 27.8. The molecule has 0 spiro atoms. The highest BCUT2D eigenvalue weighted by atomic mass is 28.5. The highest BCUT2D eigenvalue weighted by Gasteiger charge is 2.59. The largest absolute Gasteiger partial charge is 0.582 e. The molecule has 0 radical (unpaired) electrons. The van der Waals surface area contributed by atoms with E-state index in [0.29, 0.717) is 69.0 Å². The molecule has 10 rings (SSSR count). The molecule has 0 unspecified atom stereocenters. The van der Waals surface area contributed by atoms with Gasteiger partial charge in [0.05, 0.1) is 0 Å². The van der Waals surface area contributed by atoms with Crippen molar-refractivity contribution in [3.8, 4) is 23.0 Å². The second-order valence-corrected chi connectivity index (χ2v) is 37.5. The van der Waals surface area contributed by atoms with Gasteiger partial charge in [-0.05, 0) is 192 Å². The molecule has 17 heteroatoms. The third kappa shape index (κ3) is 9.99. The summed E-state index contributed by atoms with van der Waals surface area (Å²) in [6, 6.07) is 29.7. The molecule has 2 aromatic heterocycles. The van der Waals surface area contributed by atoms with Crippen LogP contribution in [-0.4, -0.2) is 79.7 Å². The number of hydrogen-bond donors (Lipinski definition) is 0. The van der Waals surface area contributed by atoms with Crippen molar-refractivity contribution < 1.29 is 27.2 Å². The Morgan fingerprint density at radius 2 is 0.701 bits per heavy atom. The fourth-order valence-corrected chi connectivity index (χ4v) is 25.9. The summed E-state index contributed by atoms with van der Waals surface area (Å²) in [5, 5.41) is 3.26. The fraction of sp³-hybridized carbons (Fsp3) is 0.467. The van der Waals surface area contributed by atoms with Crippen LogP contribution in [0.1, 0.15) is 147 Å². The number of benzene rings is 4. The molecule has 406 valence electrons. The smallest absolute Gasteiger partial charge is 0.488 e. The zero-order valence-corrected chi connectivity index (χ0v) is 51.7. The van der Waals surface area contributed by atoms with Gasteiger partial charge in [-0.15, -0.1) is 0 Å². The van der Waals surface area contributed by atoms with E-state index >= 15 is 0 Å². The van der Waals surface area contributed by atoms with E-state index in [2.05, 4.69) is 169 Å². The van der Waals surface area contributed by atoms with Crippen molar-refractivity contribution in [1.29, 1.82) is 0 Å². The van der Waals surface area contributed by atoms with Gasteiger partial charge >= 0.3 is 8.88 Å². The molecule has 4 aliphatic heterocycles. The van der Waals surface area contributed by atoms with Crippen LogP contribution in [0.25, 0.3) is 21.5 Å². The highest BCUT2D eigenvalue weighted by Crippen LogP contribution is 2.48. The van der Waals surface area contributed by atoms with Gasteiger partial charge in [0.15, 0.2) is 40.0 Å². The van der Waals surface area contributed by atoms with Gasteiger partial charge in [-0.1, -0.05) is 41.5 Å². The van der Waals surface area contributed by atoms with Gasteiger partial charge in [-0.2, -0.15) is 0 Å². The number of ether oxygens (including phenoxy) is 4. The van der Waals surface area contributed by atoms with E-state index in [4.69, 9.17) is 57.1 Å². The van der Waals surface area contributed by atoms with E-state index in [1.54, 1.807) is 0 Å². The Morgan fingerprint density at radius 1 is 0.364 bits per heavy atom. The molecule has 4 aliphatic rings. The molecule has 0 aliphatic carbocycles. The zero-order chi connectivity index (χ0) is 55.4. The number of aliphatic imine (C=N–C) groups is 4. The molecule has 0 saturated heterocycles. The minimum atomic E-state index is -4.51. The van der Waals surface area contributed by atoms with E-state index in [1.807, 2.05) is 36.4 Å². The molecule has 0 N–H and O–H groups in total. The SMILES string of the molecule is CC[Si](CC)(CC)O[Si]1(O[Si](CC)(CC)CC)n2c3c4cc(OC(C)(C)C)ccc4c2N=C2N=C(N=c4c5cc(OC(C)(C)C)ccc5c(n41)=NC1=NC(=N3)c3ccc(OC(C)(C)C)cc31)c1ccc(OC(C)(C)C)cc12. The first-order chi connectivity index (χ1) is 36.2. The summed E-state index contributed by atoms with van der Waals surface area (Å²) in [7, 11) is -10.1. The summed E-state index contributed by atoms with van der Waals surface area (Å²) >= 11 is 0. The summed E-state index contributed by atoms with van der Waals surface area (Å²) in [5.41, 5.74) is 2.48. The molecule has 6 bridgehead atoms. The minimum absolute atomic E-state index is 0.462. The van der Waals surface area contributed by atoms with Crippen molar-refractivity contribution in [2.24, 2.45) is 30.0 Å². The second kappa shape index (κ2) is 19.1. The van der Waals surface area contributed by atoms with Crippen LogP contribution in [0, 0.1) is 0 Å². The Balaban J connectivity index is 1.52. The monoisotopic (exact) mass is 1090 g/mol. The molecule has 77 heavy (non-hydrogen) atoms. The summed E-state index contributed by atoms with van der Waals surface area (Å²) in [6.07, 6.45) is 0. The van der Waals surface area contributed by atoms with Crippen LogP contribution >= 0.6 is 0 Å². The summed E-state index contributed by atoms with van der Waals surface area (Å²) in [4.78, 5) is 34.3. The van der Waals surface area contributed by atoms with Crippen LogP contribution in [0.4, 0.5) is 11.6 Å². The van der Waals surface area contributed by atoms with Gasteiger partial charge in [0.25, 0.3) is 0 Å². The lowest BCUT2D eigenvalue weighted by atomic mass is 10.1. The number of fused-ring (bicyclic) bond motifs is 14. The number of rotatable bonds is 14. The Morgan fingerprint density at radius 3 is 1.13 bits per heavy atom. The van der Waals surface area contributed by atoms with Crippen molar-refractivity contribution in [3.05, 3.63) is 106 Å². The fourth-order valence-electron chi connectivity index (χ4n) is 10.9. The van der Waals surface area contributed by atoms with E-state index in [9.17, 15) is 0 Å². The molecule has 14 nitrogen and oxygen atoms in total. The third-order valence-corrected chi connectivity index (χ3v) is 30.1. The molecular weight excluding hydrogens is 1010 g/mol. The van der Waals surface area contributed by atoms with Crippen molar-refractivity contribution in [2.75, 3.05) is 0 Å². The van der Waals surface area contributed by atoms with Crippen LogP contribution in [0.3, 0.4) is 0 Å². The minimum Gasteiger partial charge on any atom is -0.488 e. The van der Waals surface area contributed by atoms with Gasteiger partial charge in [0.2, 0.25) is 0 Å². The number of amidine groups is 4. The van der Waals surface area contributed by atoms with Gasteiger partial charge in [0.1, 0.15) is 68.0 Å². The lowest BCUT2D eigenvalue weighted by Crippen LogP contribution is -2.71. The predicted octanol–water partition coefficient (Wildman–Crippen LogP) is 14.1. The normalized spacial score (nSPS) is 15.9. The van der Waals surface area contributed by atoms with E-state index < -0.39 is 47.9 Å². The summed E-state index contributed by atoms with van der Waals surface area (Å²) in [5.74, 6) is 5.93. The second-order valence-electron chi connectivity index (χ2n) is 24.9. The van der Waals surface area contributed by atoms with Crippen LogP contribution in [-0.2, 0) is 8.23 Å². The molecule has 4 aromatic carbocycles. The van der Waals surface area contributed by atoms with Gasteiger partial charge in [-0.25, -0.2) is 30.0 Å². The first kappa shape index (κ1) is 54.4. The average molecular weight is 1090 g/mol. The van der Waals surface area contributed by atoms with Crippen molar-refractivity contribution in [3.63, 3.8) is 0 Å². The van der Waals surface area contributed by atoms with Crippen LogP contribution in [0.5, 0.6) is 23.0 Å². The van der Waals surface area contributed by atoms with Crippen molar-refractivity contribution in [2.45, 2.75) is 183 Å². The number of aromatic nitrogens is 2. The number of hydrogen-bond acceptors (Lipinski definition) is 12. The van der Waals surface area contributed by atoms with Crippen LogP contribution in [0.2, 0.25) is 36.3 Å².